The minimum absolute atomic E-state index is 0.285. The van der Waals surface area contributed by atoms with Crippen molar-refractivity contribution in [3.05, 3.63) is 62.8 Å². The van der Waals surface area contributed by atoms with Crippen LogP contribution in [0, 0.1) is 0 Å². The molecule has 2 aromatic carbocycles. The van der Waals surface area contributed by atoms with Gasteiger partial charge in [0.05, 0.1) is 20.1 Å². The molecule has 2 heterocycles. The van der Waals surface area contributed by atoms with Crippen LogP contribution in [0.5, 0.6) is 0 Å². The molecule has 8 nitrogen and oxygen atoms in total. The summed E-state index contributed by atoms with van der Waals surface area (Å²) in [4.78, 5) is 17.3. The molecule has 0 aliphatic heterocycles. The number of aromatic amines is 1. The maximum absolute atomic E-state index is 6.09. The maximum atomic E-state index is 6.09. The number of anilines is 4. The van der Waals surface area contributed by atoms with Gasteiger partial charge in [0.2, 0.25) is 17.1 Å². The summed E-state index contributed by atoms with van der Waals surface area (Å²) >= 11 is 25.3. The third-order valence-corrected chi connectivity index (χ3v) is 5.78. The Morgan fingerprint density at radius 2 is 1.30 bits per heavy atom. The van der Waals surface area contributed by atoms with Gasteiger partial charge in [0.1, 0.15) is 6.33 Å². The second kappa shape index (κ2) is 9.23. The van der Waals surface area contributed by atoms with Gasteiger partial charge in [0.15, 0.2) is 5.16 Å². The highest BCUT2D eigenvalue weighted by Crippen LogP contribution is 2.29. The zero-order chi connectivity index (χ0) is 21.1. The molecule has 0 amide bonds. The van der Waals surface area contributed by atoms with Gasteiger partial charge in [-0.2, -0.15) is 20.1 Å². The normalized spacial score (nSPS) is 10.8. The van der Waals surface area contributed by atoms with Gasteiger partial charge in [-0.3, -0.25) is 5.10 Å². The summed E-state index contributed by atoms with van der Waals surface area (Å²) in [5.74, 6) is 0.570. The van der Waals surface area contributed by atoms with Crippen molar-refractivity contribution in [3.8, 4) is 0 Å². The van der Waals surface area contributed by atoms with Crippen molar-refractivity contribution < 1.29 is 0 Å². The first-order valence-corrected chi connectivity index (χ1v) is 10.5. The van der Waals surface area contributed by atoms with Gasteiger partial charge in [-0.25, -0.2) is 4.98 Å². The van der Waals surface area contributed by atoms with E-state index in [0.717, 1.165) is 0 Å². The van der Waals surface area contributed by atoms with E-state index in [1.165, 1.54) is 18.1 Å². The molecule has 0 aliphatic rings. The van der Waals surface area contributed by atoms with Crippen LogP contribution in [0.25, 0.3) is 0 Å². The first-order chi connectivity index (χ1) is 14.5. The minimum Gasteiger partial charge on any atom is -0.324 e. The van der Waals surface area contributed by atoms with Crippen molar-refractivity contribution >= 4 is 81.4 Å². The molecule has 0 saturated heterocycles. The molecule has 0 unspecified atom stereocenters. The third kappa shape index (κ3) is 5.24. The van der Waals surface area contributed by atoms with Crippen molar-refractivity contribution in [1.29, 1.82) is 0 Å². The van der Waals surface area contributed by atoms with E-state index >= 15 is 0 Å². The van der Waals surface area contributed by atoms with E-state index in [1.807, 2.05) is 0 Å². The zero-order valence-corrected chi connectivity index (χ0v) is 18.5. The number of H-pyrrole nitrogens is 1. The number of halogens is 4. The number of hydrogen-bond acceptors (Lipinski definition) is 8. The lowest BCUT2D eigenvalue weighted by Crippen LogP contribution is -2.05. The Kier molecular flexibility index (Phi) is 6.45. The summed E-state index contributed by atoms with van der Waals surface area (Å²) in [5, 5.41) is 15.4. The van der Waals surface area contributed by atoms with Crippen LogP contribution < -0.4 is 10.6 Å². The largest absolute Gasteiger partial charge is 0.324 e. The molecular formula is C17H10Cl4N8S. The molecule has 0 spiro atoms. The predicted octanol–water partition coefficient (Wildman–Crippen LogP) is 6.24. The Labute approximate surface area is 194 Å². The molecule has 0 fully saturated rings. The number of nitrogens with one attached hydrogen (secondary N) is 3. The second-order valence-corrected chi connectivity index (χ2v) is 8.25. The van der Waals surface area contributed by atoms with Crippen molar-refractivity contribution in [2.75, 3.05) is 10.6 Å². The van der Waals surface area contributed by atoms with Crippen molar-refractivity contribution in [3.63, 3.8) is 0 Å². The summed E-state index contributed by atoms with van der Waals surface area (Å²) < 4.78 is 0. The molecule has 0 saturated carbocycles. The van der Waals surface area contributed by atoms with Crippen LogP contribution >= 0.6 is 58.2 Å². The monoisotopic (exact) mass is 498 g/mol. The van der Waals surface area contributed by atoms with Gasteiger partial charge < -0.3 is 10.6 Å². The lowest BCUT2D eigenvalue weighted by atomic mass is 10.3. The average Bonchev–Trinajstić information content (AvgIpc) is 3.20. The number of rotatable bonds is 6. The Balaban J connectivity index is 1.66. The fourth-order valence-corrected chi connectivity index (χ4v) is 3.48. The van der Waals surface area contributed by atoms with Gasteiger partial charge in [-0.05, 0) is 48.2 Å². The Bertz CT molecular complexity index is 1120. The zero-order valence-electron chi connectivity index (χ0n) is 14.7. The number of benzene rings is 2. The van der Waals surface area contributed by atoms with Gasteiger partial charge in [-0.15, -0.1) is 0 Å². The second-order valence-electron chi connectivity index (χ2n) is 5.67. The van der Waals surface area contributed by atoms with Crippen molar-refractivity contribution in [1.82, 2.24) is 30.1 Å². The highest BCUT2D eigenvalue weighted by atomic mass is 35.5. The van der Waals surface area contributed by atoms with Crippen LogP contribution in [0.3, 0.4) is 0 Å². The van der Waals surface area contributed by atoms with Crippen molar-refractivity contribution in [2.45, 2.75) is 10.3 Å². The number of hydrogen-bond donors (Lipinski definition) is 3. The SMILES string of the molecule is Clc1ccc(Nc2nc(Nc3ccc(Cl)c(Cl)c3)nc(Sc3ncn[nH]3)n2)cc1Cl. The topological polar surface area (TPSA) is 104 Å². The molecule has 0 atom stereocenters. The lowest BCUT2D eigenvalue weighted by Gasteiger charge is -2.10. The van der Waals surface area contributed by atoms with E-state index in [-0.39, 0.29) is 11.9 Å². The van der Waals surface area contributed by atoms with Crippen LogP contribution in [-0.4, -0.2) is 30.1 Å². The van der Waals surface area contributed by atoms with Crippen LogP contribution in [0.1, 0.15) is 0 Å². The smallest absolute Gasteiger partial charge is 0.233 e. The number of aromatic nitrogens is 6. The van der Waals surface area contributed by atoms with Crippen LogP contribution in [0.4, 0.5) is 23.3 Å². The van der Waals surface area contributed by atoms with E-state index in [9.17, 15) is 0 Å². The van der Waals surface area contributed by atoms with E-state index < -0.39 is 0 Å². The molecule has 4 aromatic rings. The van der Waals surface area contributed by atoms with Gasteiger partial charge in [0.25, 0.3) is 0 Å². The van der Waals surface area contributed by atoms with E-state index in [0.29, 0.717) is 41.8 Å². The summed E-state index contributed by atoms with van der Waals surface area (Å²) in [6, 6.07) is 10.2. The predicted molar refractivity (Wildman–Crippen MR) is 120 cm³/mol. The third-order valence-electron chi connectivity index (χ3n) is 3.55. The van der Waals surface area contributed by atoms with Gasteiger partial charge in [-0.1, -0.05) is 46.4 Å². The van der Waals surface area contributed by atoms with Crippen LogP contribution in [-0.2, 0) is 0 Å². The quantitative estimate of drug-likeness (QED) is 0.286. The van der Waals surface area contributed by atoms with E-state index in [1.54, 1.807) is 36.4 Å². The maximum Gasteiger partial charge on any atom is 0.233 e. The lowest BCUT2D eigenvalue weighted by molar-refractivity contribution is 0.904. The fraction of sp³-hybridized carbons (Fsp3) is 0. The first kappa shape index (κ1) is 21.0. The van der Waals surface area contributed by atoms with E-state index in [4.69, 9.17) is 46.4 Å². The van der Waals surface area contributed by atoms with Gasteiger partial charge >= 0.3 is 0 Å². The standard InChI is InChI=1S/C17H10Cl4N8S/c18-10-3-1-8(5-12(10)20)24-14-26-15(25-9-2-4-11(19)13(21)6-9)28-17(27-14)30-16-22-7-23-29-16/h1-7H,(H,22,23,29)(H2,24,25,26,27,28). The molecule has 13 heteroatoms. The van der Waals surface area contributed by atoms with Crippen LogP contribution in [0.2, 0.25) is 20.1 Å². The first-order valence-electron chi connectivity index (χ1n) is 8.20. The molecular weight excluding hydrogens is 490 g/mol. The summed E-state index contributed by atoms with van der Waals surface area (Å²) in [6.07, 6.45) is 1.40. The Hall–Kier alpha value is -2.30. The molecule has 0 bridgehead atoms. The summed E-state index contributed by atoms with van der Waals surface area (Å²) in [5.41, 5.74) is 1.32. The molecule has 152 valence electrons. The highest BCUT2D eigenvalue weighted by Gasteiger charge is 2.12. The minimum atomic E-state index is 0.285. The van der Waals surface area contributed by atoms with Crippen LogP contribution in [0.15, 0.2) is 53.0 Å². The molecule has 2 aromatic heterocycles. The Morgan fingerprint density at radius 1 is 0.733 bits per heavy atom. The molecule has 3 N–H and O–H groups in total. The highest BCUT2D eigenvalue weighted by molar-refractivity contribution is 7.99. The molecule has 4 rings (SSSR count). The van der Waals surface area contributed by atoms with Crippen molar-refractivity contribution in [2.24, 2.45) is 0 Å². The average molecular weight is 500 g/mol. The summed E-state index contributed by atoms with van der Waals surface area (Å²) in [7, 11) is 0. The fourth-order valence-electron chi connectivity index (χ4n) is 2.25. The van der Waals surface area contributed by atoms with Gasteiger partial charge in [0, 0.05) is 11.4 Å². The molecule has 0 aliphatic carbocycles. The molecule has 30 heavy (non-hydrogen) atoms. The van der Waals surface area contributed by atoms with E-state index in [2.05, 4.69) is 40.8 Å². The number of nitrogens with zero attached hydrogens (tertiary/aromatic N) is 5. The summed E-state index contributed by atoms with van der Waals surface area (Å²) in [6.45, 7) is 0. The molecule has 0 radical (unpaired) electrons. The Morgan fingerprint density at radius 3 is 1.77 bits per heavy atom.